The highest BCUT2D eigenvalue weighted by atomic mass is 79.9. The lowest BCUT2D eigenvalue weighted by molar-refractivity contribution is -0.145. The first-order chi connectivity index (χ1) is 24.9. The first-order valence-electron chi connectivity index (χ1n) is 16.1. The predicted octanol–water partition coefficient (Wildman–Crippen LogP) is 11.4. The van der Waals surface area contributed by atoms with Gasteiger partial charge in [0, 0.05) is 7.05 Å². The highest BCUT2D eigenvalue weighted by Crippen LogP contribution is 2.41. The van der Waals surface area contributed by atoms with Crippen molar-refractivity contribution >= 4 is 21.8 Å². The number of benzene rings is 3. The predicted molar refractivity (Wildman–Crippen MR) is 178 cm³/mol. The van der Waals surface area contributed by atoms with E-state index in [2.05, 4.69) is 21.2 Å². The van der Waals surface area contributed by atoms with E-state index in [1.807, 2.05) is 20.8 Å². The second-order valence-electron chi connectivity index (χ2n) is 13.8. The van der Waals surface area contributed by atoms with Gasteiger partial charge in [-0.2, -0.15) is 52.7 Å². The lowest BCUT2D eigenvalue weighted by Gasteiger charge is -2.33. The fourth-order valence-electron chi connectivity index (χ4n) is 5.70. The van der Waals surface area contributed by atoms with Gasteiger partial charge >= 0.3 is 24.7 Å². The summed E-state index contributed by atoms with van der Waals surface area (Å²) in [6, 6.07) is 7.72. The van der Waals surface area contributed by atoms with Crippen LogP contribution in [0.15, 0.2) is 60.7 Å². The molecule has 55 heavy (non-hydrogen) atoms. The molecule has 5 nitrogen and oxygen atoms in total. The molecule has 1 saturated heterocycles. The lowest BCUT2D eigenvalue weighted by atomic mass is 9.89. The normalized spacial score (nSPS) is 19.6. The number of ether oxygens (including phenoxy) is 2. The summed E-state index contributed by atoms with van der Waals surface area (Å²) < 4.78 is 180. The van der Waals surface area contributed by atoms with Crippen LogP contribution in [0.5, 0.6) is 0 Å². The molecule has 1 amide bonds. The standard InChI is InChI=1S/C25H27F7N2O2.C11H9BrF6O/c1-14(15-10-17(24(27,28)29)12-18(11-15)25(30,31)32)36-13-23(16-6-8-19(26)9-7-16)21(35)34(5)20(33-23)22(2,3)4;1-6(19-5-12)7-2-8(10(13,14)15)4-9(3-7)11(16,17)18/h6-12,14,20,33H,13H2,1-5H3;2-4,6H,5H2,1H3/t14-,20-,23-;6-/m10/s1. The molecule has 306 valence electrons. The van der Waals surface area contributed by atoms with Gasteiger partial charge in [0.05, 0.1) is 47.2 Å². The van der Waals surface area contributed by atoms with E-state index in [1.54, 1.807) is 7.05 Å². The maximum absolute atomic E-state index is 13.6. The van der Waals surface area contributed by atoms with Crippen molar-refractivity contribution in [3.63, 3.8) is 0 Å². The van der Waals surface area contributed by atoms with E-state index >= 15 is 0 Å². The highest BCUT2D eigenvalue weighted by Gasteiger charge is 2.54. The number of hydrogen-bond acceptors (Lipinski definition) is 4. The maximum Gasteiger partial charge on any atom is 0.416 e. The summed E-state index contributed by atoms with van der Waals surface area (Å²) >= 11 is 2.90. The quantitative estimate of drug-likeness (QED) is 0.181. The van der Waals surface area contributed by atoms with Gasteiger partial charge in [-0.3, -0.25) is 10.1 Å². The first kappa shape index (κ1) is 46.0. The van der Waals surface area contributed by atoms with Crippen LogP contribution < -0.4 is 5.32 Å². The third kappa shape index (κ3) is 11.3. The van der Waals surface area contributed by atoms with Crippen LogP contribution in [0.25, 0.3) is 0 Å². The van der Waals surface area contributed by atoms with Gasteiger partial charge in [0.1, 0.15) is 16.9 Å². The summed E-state index contributed by atoms with van der Waals surface area (Å²) in [7, 11) is 1.57. The van der Waals surface area contributed by atoms with Gasteiger partial charge in [-0.15, -0.1) is 0 Å². The van der Waals surface area contributed by atoms with Crippen molar-refractivity contribution in [3.8, 4) is 0 Å². The zero-order valence-corrected chi connectivity index (χ0v) is 31.5. The topological polar surface area (TPSA) is 50.8 Å². The van der Waals surface area contributed by atoms with Gasteiger partial charge in [0.15, 0.2) is 0 Å². The van der Waals surface area contributed by atoms with E-state index in [9.17, 15) is 61.9 Å². The van der Waals surface area contributed by atoms with Crippen LogP contribution in [-0.4, -0.2) is 36.1 Å². The van der Waals surface area contributed by atoms with Crippen molar-refractivity contribution in [2.45, 2.75) is 83.2 Å². The number of likely N-dealkylation sites (N-methyl/N-ethyl adjacent to an activating group) is 1. The molecule has 4 atom stereocenters. The van der Waals surface area contributed by atoms with Crippen LogP contribution in [0.1, 0.15) is 85.8 Å². The fraction of sp³-hybridized carbons (Fsp3) is 0.472. The largest absolute Gasteiger partial charge is 0.416 e. The van der Waals surface area contributed by atoms with E-state index in [4.69, 9.17) is 9.47 Å². The fourth-order valence-corrected chi connectivity index (χ4v) is 6.10. The van der Waals surface area contributed by atoms with Crippen LogP contribution >= 0.6 is 15.9 Å². The molecule has 19 heteroatoms. The summed E-state index contributed by atoms with van der Waals surface area (Å²) in [5.74, 6) is -0.973. The van der Waals surface area contributed by atoms with E-state index in [0.29, 0.717) is 29.8 Å². The SMILES string of the molecule is C[C@@H](OC[C@]1(c2ccc(F)cc2)N[C@@H](C(C)(C)C)N(C)C1=O)c1cc(C(F)(F)F)cc(C(F)(F)F)c1.C[C@H](OCBr)c1cc(C(F)(F)F)cc(C(F)(F)F)c1. The van der Waals surface area contributed by atoms with Crippen LogP contribution in [0.4, 0.5) is 57.1 Å². The Bertz CT molecular complexity index is 1720. The number of halogens is 14. The third-order valence-corrected chi connectivity index (χ3v) is 8.90. The van der Waals surface area contributed by atoms with Crippen molar-refractivity contribution in [2.75, 3.05) is 19.2 Å². The summed E-state index contributed by atoms with van der Waals surface area (Å²) in [5.41, 5.74) is -7.77. The molecule has 0 radical (unpaired) electrons. The number of rotatable bonds is 8. The molecular formula is C36H36BrF13N2O3. The Hall–Kier alpha value is -3.42. The minimum atomic E-state index is -5.00. The van der Waals surface area contributed by atoms with Crippen LogP contribution in [0.3, 0.4) is 0 Å². The number of carbonyl (C=O) groups is 1. The summed E-state index contributed by atoms with van der Waals surface area (Å²) in [5, 5.41) is 3.23. The molecule has 3 aromatic rings. The molecule has 4 rings (SSSR count). The molecule has 1 heterocycles. The van der Waals surface area contributed by atoms with Crippen molar-refractivity contribution in [3.05, 3.63) is 105 Å². The number of carbonyl (C=O) groups excluding carboxylic acids is 1. The Morgan fingerprint density at radius 3 is 1.36 bits per heavy atom. The lowest BCUT2D eigenvalue weighted by Crippen LogP contribution is -2.51. The van der Waals surface area contributed by atoms with E-state index < -0.39 is 94.6 Å². The van der Waals surface area contributed by atoms with Crippen molar-refractivity contribution in [1.82, 2.24) is 10.2 Å². The van der Waals surface area contributed by atoms with Gasteiger partial charge in [-0.05, 0) is 84.5 Å². The third-order valence-electron chi connectivity index (χ3n) is 8.63. The average Bonchev–Trinajstić information content (AvgIpc) is 3.32. The molecule has 0 aromatic heterocycles. The molecule has 1 fully saturated rings. The number of nitrogens with one attached hydrogen (secondary N) is 1. The number of amides is 1. The van der Waals surface area contributed by atoms with Crippen molar-refractivity contribution in [1.29, 1.82) is 0 Å². The molecule has 0 saturated carbocycles. The van der Waals surface area contributed by atoms with Crippen LogP contribution in [0.2, 0.25) is 0 Å². The number of hydrogen-bond donors (Lipinski definition) is 1. The molecule has 0 spiro atoms. The average molecular weight is 872 g/mol. The van der Waals surface area contributed by atoms with Crippen molar-refractivity contribution in [2.24, 2.45) is 5.41 Å². The first-order valence-corrected chi connectivity index (χ1v) is 17.2. The minimum Gasteiger partial charge on any atom is -0.371 e. The summed E-state index contributed by atoms with van der Waals surface area (Å²) in [6.45, 7) is 7.92. The minimum absolute atomic E-state index is 0.00572. The maximum atomic E-state index is 13.6. The highest BCUT2D eigenvalue weighted by molar-refractivity contribution is 9.09. The van der Waals surface area contributed by atoms with Gasteiger partial charge in [0.25, 0.3) is 5.91 Å². The smallest absolute Gasteiger partial charge is 0.371 e. The molecule has 0 unspecified atom stereocenters. The molecule has 3 aromatic carbocycles. The van der Waals surface area contributed by atoms with E-state index in [0.717, 1.165) is 12.1 Å². The van der Waals surface area contributed by atoms with E-state index in [1.165, 1.54) is 30.9 Å². The van der Waals surface area contributed by atoms with Gasteiger partial charge in [-0.25, -0.2) is 4.39 Å². The Kier molecular flexibility index (Phi) is 13.9. The Morgan fingerprint density at radius 1 is 0.691 bits per heavy atom. The molecular weight excluding hydrogens is 835 g/mol. The van der Waals surface area contributed by atoms with Gasteiger partial charge in [0.2, 0.25) is 0 Å². The van der Waals surface area contributed by atoms with Crippen LogP contribution in [-0.2, 0) is 44.5 Å². The van der Waals surface area contributed by atoms with Crippen molar-refractivity contribution < 1.29 is 71.3 Å². The molecule has 0 bridgehead atoms. The Morgan fingerprint density at radius 2 is 1.05 bits per heavy atom. The molecule has 1 aliphatic rings. The van der Waals surface area contributed by atoms with Crippen LogP contribution in [0, 0.1) is 11.2 Å². The van der Waals surface area contributed by atoms with Gasteiger partial charge < -0.3 is 14.4 Å². The van der Waals surface area contributed by atoms with Gasteiger partial charge in [-0.1, -0.05) is 48.8 Å². The Labute approximate surface area is 316 Å². The summed E-state index contributed by atoms with van der Waals surface area (Å²) in [4.78, 5) is 14.9. The Balaban J connectivity index is 0.000000360. The second kappa shape index (κ2) is 16.6. The molecule has 0 aliphatic carbocycles. The zero-order valence-electron chi connectivity index (χ0n) is 29.9. The monoisotopic (exact) mass is 870 g/mol. The van der Waals surface area contributed by atoms with E-state index in [-0.39, 0.29) is 28.8 Å². The zero-order chi connectivity index (χ0) is 42.1. The molecule has 1 N–H and O–H groups in total. The number of nitrogens with zero attached hydrogens (tertiary/aromatic N) is 1. The number of alkyl halides is 13. The summed E-state index contributed by atoms with van der Waals surface area (Å²) in [6.07, 6.45) is -22.3. The second-order valence-corrected chi connectivity index (χ2v) is 14.2. The molecule has 1 aliphatic heterocycles.